The minimum atomic E-state index is -0.234. The van der Waals surface area contributed by atoms with Gasteiger partial charge in [-0.05, 0) is 0 Å². The van der Waals surface area contributed by atoms with E-state index in [4.69, 9.17) is 0 Å². The number of likely N-dealkylation sites (tertiary alicyclic amines) is 1. The molecule has 8 nitrogen and oxygen atoms in total. The van der Waals surface area contributed by atoms with E-state index in [1.165, 1.54) is 0 Å². The van der Waals surface area contributed by atoms with Crippen molar-refractivity contribution in [3.05, 3.63) is 18.7 Å². The van der Waals surface area contributed by atoms with Crippen LogP contribution >= 0.6 is 0 Å². The molecule has 0 aromatic carbocycles. The maximum atomic E-state index is 12.2. The smallest absolute Gasteiger partial charge is 0.242 e. The number of piperazine rings is 1. The van der Waals surface area contributed by atoms with Gasteiger partial charge in [0.05, 0.1) is 6.33 Å². The Kier molecular flexibility index (Phi) is 4.71. The van der Waals surface area contributed by atoms with Crippen molar-refractivity contribution in [2.75, 3.05) is 39.3 Å². The minimum absolute atomic E-state index is 0.104. The van der Waals surface area contributed by atoms with Crippen molar-refractivity contribution in [2.45, 2.75) is 19.4 Å². The number of hydrogen-bond donors (Lipinski definition) is 0. The third kappa shape index (κ3) is 3.76. The van der Waals surface area contributed by atoms with Gasteiger partial charge in [0, 0.05) is 64.5 Å². The molecular weight excluding hydrogens is 298 g/mol. The quantitative estimate of drug-likeness (QED) is 0.662. The number of hydrogen-bond acceptors (Lipinski definition) is 5. The summed E-state index contributed by atoms with van der Waals surface area (Å²) in [5.74, 6) is -0.604. The molecule has 0 radical (unpaired) electrons. The van der Waals surface area contributed by atoms with Crippen molar-refractivity contribution in [2.24, 2.45) is 0 Å². The summed E-state index contributed by atoms with van der Waals surface area (Å²) < 4.78 is 2.03. The summed E-state index contributed by atoms with van der Waals surface area (Å²) in [7, 11) is 0. The summed E-state index contributed by atoms with van der Waals surface area (Å²) in [6, 6.07) is 0. The van der Waals surface area contributed by atoms with E-state index >= 15 is 0 Å². The van der Waals surface area contributed by atoms with Crippen LogP contribution in [0, 0.1) is 0 Å². The average molecular weight is 319 g/mol. The van der Waals surface area contributed by atoms with E-state index in [1.54, 1.807) is 17.4 Å². The standard InChI is InChI=1S/C15H21N5O3/c21-13-1-2-14(22)20(13)11-15(23)19-9-7-17(8-10-19)5-6-18-4-3-16-12-18/h3-4,12H,1-2,5-11H2. The van der Waals surface area contributed by atoms with Crippen LogP contribution in [0.4, 0.5) is 0 Å². The Morgan fingerprint density at radius 2 is 1.74 bits per heavy atom. The number of carbonyl (C=O) groups is 3. The first-order valence-corrected chi connectivity index (χ1v) is 7.92. The highest BCUT2D eigenvalue weighted by Gasteiger charge is 2.32. The fourth-order valence-electron chi connectivity index (χ4n) is 2.93. The van der Waals surface area contributed by atoms with Crippen LogP contribution in [0.15, 0.2) is 18.7 Å². The fourth-order valence-corrected chi connectivity index (χ4v) is 2.93. The predicted molar refractivity (Wildman–Crippen MR) is 81.2 cm³/mol. The molecule has 3 rings (SSSR count). The lowest BCUT2D eigenvalue weighted by Crippen LogP contribution is -2.52. The summed E-state index contributed by atoms with van der Waals surface area (Å²) in [4.78, 5) is 44.5. The van der Waals surface area contributed by atoms with Crippen LogP contribution in [-0.4, -0.2) is 81.2 Å². The van der Waals surface area contributed by atoms with Crippen molar-refractivity contribution in [1.82, 2.24) is 24.3 Å². The molecule has 2 aliphatic heterocycles. The first-order chi connectivity index (χ1) is 11.1. The fraction of sp³-hybridized carbons (Fsp3) is 0.600. The van der Waals surface area contributed by atoms with Gasteiger partial charge in [0.15, 0.2) is 0 Å². The number of amides is 3. The molecule has 0 atom stereocenters. The first-order valence-electron chi connectivity index (χ1n) is 7.92. The highest BCUT2D eigenvalue weighted by molar-refractivity contribution is 6.04. The highest BCUT2D eigenvalue weighted by Crippen LogP contribution is 2.12. The zero-order valence-electron chi connectivity index (χ0n) is 13.1. The van der Waals surface area contributed by atoms with Gasteiger partial charge in [-0.25, -0.2) is 4.98 Å². The Labute approximate surface area is 134 Å². The van der Waals surface area contributed by atoms with Crippen LogP contribution in [-0.2, 0) is 20.9 Å². The lowest BCUT2D eigenvalue weighted by atomic mass is 10.3. The van der Waals surface area contributed by atoms with Gasteiger partial charge in [0.25, 0.3) is 0 Å². The topological polar surface area (TPSA) is 78.8 Å². The number of nitrogens with zero attached hydrogens (tertiary/aromatic N) is 5. The molecule has 2 saturated heterocycles. The van der Waals surface area contributed by atoms with Gasteiger partial charge in [0.2, 0.25) is 17.7 Å². The highest BCUT2D eigenvalue weighted by atomic mass is 16.2. The van der Waals surface area contributed by atoms with E-state index in [0.29, 0.717) is 13.1 Å². The van der Waals surface area contributed by atoms with Crippen molar-refractivity contribution < 1.29 is 14.4 Å². The van der Waals surface area contributed by atoms with Gasteiger partial charge in [-0.15, -0.1) is 0 Å². The number of rotatable bonds is 5. The van der Waals surface area contributed by atoms with Gasteiger partial charge in [-0.1, -0.05) is 0 Å². The largest absolute Gasteiger partial charge is 0.339 e. The summed E-state index contributed by atoms with van der Waals surface area (Å²) in [5, 5.41) is 0. The van der Waals surface area contributed by atoms with Gasteiger partial charge in [0.1, 0.15) is 6.54 Å². The lowest BCUT2D eigenvalue weighted by Gasteiger charge is -2.35. The Morgan fingerprint density at radius 1 is 1.04 bits per heavy atom. The molecular formula is C15H21N5O3. The molecule has 2 aliphatic rings. The maximum Gasteiger partial charge on any atom is 0.242 e. The number of imide groups is 1. The third-order valence-electron chi connectivity index (χ3n) is 4.41. The van der Waals surface area contributed by atoms with E-state index < -0.39 is 0 Å². The van der Waals surface area contributed by atoms with Crippen LogP contribution in [0.1, 0.15) is 12.8 Å². The molecule has 3 amide bonds. The van der Waals surface area contributed by atoms with Gasteiger partial charge in [-0.3, -0.25) is 24.2 Å². The van der Waals surface area contributed by atoms with E-state index in [0.717, 1.165) is 31.1 Å². The Balaban J connectivity index is 1.42. The third-order valence-corrected chi connectivity index (χ3v) is 4.41. The van der Waals surface area contributed by atoms with Crippen LogP contribution in [0.2, 0.25) is 0 Å². The second kappa shape index (κ2) is 6.91. The van der Waals surface area contributed by atoms with Gasteiger partial charge in [-0.2, -0.15) is 0 Å². The summed E-state index contributed by atoms with van der Waals surface area (Å²) in [6.45, 7) is 4.58. The Morgan fingerprint density at radius 3 is 2.35 bits per heavy atom. The van der Waals surface area contributed by atoms with Crippen molar-refractivity contribution in [3.8, 4) is 0 Å². The molecule has 8 heteroatoms. The maximum absolute atomic E-state index is 12.2. The number of imidazole rings is 1. The molecule has 0 bridgehead atoms. The zero-order valence-corrected chi connectivity index (χ0v) is 13.1. The summed E-state index contributed by atoms with van der Waals surface area (Å²) in [5.41, 5.74) is 0. The predicted octanol–water partition coefficient (Wildman–Crippen LogP) is -0.824. The molecule has 0 unspecified atom stereocenters. The van der Waals surface area contributed by atoms with Crippen LogP contribution in [0.3, 0.4) is 0 Å². The molecule has 1 aromatic rings. The molecule has 2 fully saturated rings. The Hall–Kier alpha value is -2.22. The molecule has 0 N–H and O–H groups in total. The zero-order chi connectivity index (χ0) is 16.2. The van der Waals surface area contributed by atoms with Gasteiger partial charge < -0.3 is 9.47 Å². The Bertz CT molecular complexity index is 562. The van der Waals surface area contributed by atoms with E-state index in [1.807, 2.05) is 10.8 Å². The average Bonchev–Trinajstić information content (AvgIpc) is 3.18. The molecule has 0 spiro atoms. The van der Waals surface area contributed by atoms with E-state index in [2.05, 4.69) is 9.88 Å². The second-order valence-corrected chi connectivity index (χ2v) is 5.90. The number of aromatic nitrogens is 2. The number of carbonyl (C=O) groups excluding carboxylic acids is 3. The molecule has 23 heavy (non-hydrogen) atoms. The SMILES string of the molecule is O=C(CN1C(=O)CCC1=O)N1CCN(CCn2ccnc2)CC1. The summed E-state index contributed by atoms with van der Waals surface area (Å²) in [6.07, 6.45) is 5.95. The van der Waals surface area contributed by atoms with Crippen LogP contribution < -0.4 is 0 Å². The normalized spacial score (nSPS) is 19.7. The molecule has 3 heterocycles. The van der Waals surface area contributed by atoms with Gasteiger partial charge >= 0.3 is 0 Å². The van der Waals surface area contributed by atoms with Crippen molar-refractivity contribution >= 4 is 17.7 Å². The summed E-state index contributed by atoms with van der Waals surface area (Å²) >= 11 is 0. The monoisotopic (exact) mass is 319 g/mol. The first kappa shape index (κ1) is 15.7. The van der Waals surface area contributed by atoms with E-state index in [9.17, 15) is 14.4 Å². The van der Waals surface area contributed by atoms with Crippen LogP contribution in [0.25, 0.3) is 0 Å². The second-order valence-electron chi connectivity index (χ2n) is 5.90. The van der Waals surface area contributed by atoms with Crippen LogP contribution in [0.5, 0.6) is 0 Å². The lowest BCUT2D eigenvalue weighted by molar-refractivity contribution is -0.146. The molecule has 0 saturated carbocycles. The van der Waals surface area contributed by atoms with Crippen molar-refractivity contribution in [1.29, 1.82) is 0 Å². The minimum Gasteiger partial charge on any atom is -0.339 e. The molecule has 0 aliphatic carbocycles. The van der Waals surface area contributed by atoms with E-state index in [-0.39, 0.29) is 37.1 Å². The molecule has 124 valence electrons. The van der Waals surface area contributed by atoms with Crippen molar-refractivity contribution in [3.63, 3.8) is 0 Å². The molecule has 1 aromatic heterocycles.